The Kier molecular flexibility index (Phi) is 5.75. The molecule has 0 fully saturated rings. The van der Waals surface area contributed by atoms with Crippen LogP contribution in [0.4, 0.5) is 0 Å². The van der Waals surface area contributed by atoms with Crippen molar-refractivity contribution in [3.05, 3.63) is 33.8 Å². The van der Waals surface area contributed by atoms with Gasteiger partial charge in [0.25, 0.3) is 5.91 Å². The van der Waals surface area contributed by atoms with E-state index < -0.39 is 0 Å². The molecule has 0 bridgehead atoms. The second-order valence-corrected chi connectivity index (χ2v) is 5.01. The Morgan fingerprint density at radius 1 is 1.29 bits per heavy atom. The molecule has 0 aliphatic rings. The van der Waals surface area contributed by atoms with E-state index in [4.69, 9.17) is 23.2 Å². The minimum Gasteiger partial charge on any atom is -0.352 e. The van der Waals surface area contributed by atoms with Crippen molar-refractivity contribution in [3.8, 4) is 0 Å². The van der Waals surface area contributed by atoms with Gasteiger partial charge in [0.15, 0.2) is 0 Å². The minimum atomic E-state index is -0.114. The Bertz CT molecular complexity index is 394. The third kappa shape index (κ3) is 4.94. The number of hydrogen-bond acceptors (Lipinski definition) is 1. The first-order valence-electron chi connectivity index (χ1n) is 5.53. The summed E-state index contributed by atoms with van der Waals surface area (Å²) in [5.41, 5.74) is 0.539. The van der Waals surface area contributed by atoms with Crippen LogP contribution in [-0.2, 0) is 0 Å². The molecule has 0 spiro atoms. The highest BCUT2D eigenvalue weighted by Gasteiger charge is 2.07. The van der Waals surface area contributed by atoms with Gasteiger partial charge < -0.3 is 10.2 Å². The average Bonchev–Trinajstić information content (AvgIpc) is 2.27. The summed E-state index contributed by atoms with van der Waals surface area (Å²) in [5.74, 6) is -0.114. The molecule has 3 nitrogen and oxygen atoms in total. The summed E-state index contributed by atoms with van der Waals surface area (Å²) >= 11 is 11.6. The van der Waals surface area contributed by atoms with E-state index in [1.165, 1.54) is 4.90 Å². The van der Waals surface area contributed by atoms with Gasteiger partial charge in [-0.2, -0.15) is 0 Å². The number of nitrogens with one attached hydrogen (secondary N) is 2. The van der Waals surface area contributed by atoms with E-state index >= 15 is 0 Å². The van der Waals surface area contributed by atoms with Crippen LogP contribution in [0.25, 0.3) is 0 Å². The van der Waals surface area contributed by atoms with Crippen LogP contribution in [0.3, 0.4) is 0 Å². The zero-order chi connectivity index (χ0) is 12.8. The standard InChI is InChI=1S/C12H16Cl2N2O/c1-16(2)7-3-6-15-12(17)9-4-5-10(13)11(14)8-9/h4-5,8H,3,6-7H2,1-2H3,(H,15,17)/p+1. The molecule has 1 amide bonds. The van der Waals surface area contributed by atoms with Gasteiger partial charge in [-0.15, -0.1) is 0 Å². The highest BCUT2D eigenvalue weighted by Crippen LogP contribution is 2.22. The first-order valence-corrected chi connectivity index (χ1v) is 6.28. The lowest BCUT2D eigenvalue weighted by Gasteiger charge is -2.08. The first-order chi connectivity index (χ1) is 8.00. The predicted octanol–water partition coefficient (Wildman–Crippen LogP) is 1.26. The molecule has 0 aromatic heterocycles. The summed E-state index contributed by atoms with van der Waals surface area (Å²) in [4.78, 5) is 13.1. The summed E-state index contributed by atoms with van der Waals surface area (Å²) < 4.78 is 0. The average molecular weight is 276 g/mol. The molecule has 0 heterocycles. The van der Waals surface area contributed by atoms with Gasteiger partial charge >= 0.3 is 0 Å². The molecule has 2 N–H and O–H groups in total. The van der Waals surface area contributed by atoms with E-state index in [-0.39, 0.29) is 5.91 Å². The lowest BCUT2D eigenvalue weighted by Crippen LogP contribution is -3.05. The van der Waals surface area contributed by atoms with Gasteiger partial charge in [-0.05, 0) is 18.2 Å². The minimum absolute atomic E-state index is 0.114. The van der Waals surface area contributed by atoms with Gasteiger partial charge in [-0.25, -0.2) is 0 Å². The van der Waals surface area contributed by atoms with Gasteiger partial charge in [0.1, 0.15) is 0 Å². The number of hydrogen-bond donors (Lipinski definition) is 2. The van der Waals surface area contributed by atoms with E-state index in [1.54, 1.807) is 18.2 Å². The largest absolute Gasteiger partial charge is 0.352 e. The fourth-order valence-corrected chi connectivity index (χ4v) is 1.68. The second kappa shape index (κ2) is 6.84. The molecule has 0 unspecified atom stereocenters. The van der Waals surface area contributed by atoms with Crippen molar-refractivity contribution in [1.29, 1.82) is 0 Å². The SMILES string of the molecule is C[NH+](C)CCCNC(=O)c1ccc(Cl)c(Cl)c1. The summed E-state index contributed by atoms with van der Waals surface area (Å²) in [6.45, 7) is 1.70. The smallest absolute Gasteiger partial charge is 0.251 e. The highest BCUT2D eigenvalue weighted by molar-refractivity contribution is 6.42. The number of amides is 1. The number of carbonyl (C=O) groups excluding carboxylic acids is 1. The van der Waals surface area contributed by atoms with Crippen LogP contribution >= 0.6 is 23.2 Å². The van der Waals surface area contributed by atoms with Gasteiger partial charge in [-0.3, -0.25) is 4.79 Å². The Labute approximate surface area is 112 Å². The third-order valence-corrected chi connectivity index (χ3v) is 3.06. The summed E-state index contributed by atoms with van der Waals surface area (Å²) in [5, 5.41) is 3.70. The zero-order valence-corrected chi connectivity index (χ0v) is 11.5. The third-order valence-electron chi connectivity index (χ3n) is 2.32. The summed E-state index contributed by atoms with van der Waals surface area (Å²) in [6, 6.07) is 4.87. The lowest BCUT2D eigenvalue weighted by molar-refractivity contribution is -0.858. The quantitative estimate of drug-likeness (QED) is 0.780. The van der Waals surface area contributed by atoms with Gasteiger partial charge in [0, 0.05) is 18.5 Å². The van der Waals surface area contributed by atoms with Gasteiger partial charge in [0.2, 0.25) is 0 Å². The fourth-order valence-electron chi connectivity index (χ4n) is 1.38. The number of rotatable bonds is 5. The molecule has 0 radical (unpaired) electrons. The molecule has 0 atom stereocenters. The first kappa shape index (κ1) is 14.3. The van der Waals surface area contributed by atoms with Crippen LogP contribution in [-0.4, -0.2) is 33.1 Å². The van der Waals surface area contributed by atoms with Crippen molar-refractivity contribution in [1.82, 2.24) is 5.32 Å². The number of benzene rings is 1. The molecular weight excluding hydrogens is 259 g/mol. The second-order valence-electron chi connectivity index (χ2n) is 4.20. The number of carbonyl (C=O) groups is 1. The van der Waals surface area contributed by atoms with Crippen molar-refractivity contribution < 1.29 is 9.69 Å². The van der Waals surface area contributed by atoms with Crippen molar-refractivity contribution in [2.24, 2.45) is 0 Å². The predicted molar refractivity (Wildman–Crippen MR) is 71.1 cm³/mol. The normalized spacial score (nSPS) is 10.6. The molecule has 1 rings (SSSR count). The van der Waals surface area contributed by atoms with Crippen molar-refractivity contribution in [2.45, 2.75) is 6.42 Å². The van der Waals surface area contributed by atoms with E-state index in [1.807, 2.05) is 0 Å². The molecule has 0 aliphatic carbocycles. The Morgan fingerprint density at radius 2 is 2.00 bits per heavy atom. The van der Waals surface area contributed by atoms with Gasteiger partial charge in [-0.1, -0.05) is 23.2 Å². The maximum atomic E-state index is 11.7. The van der Waals surface area contributed by atoms with Crippen LogP contribution in [0, 0.1) is 0 Å². The Hall–Kier alpha value is -0.770. The molecule has 0 saturated heterocycles. The van der Waals surface area contributed by atoms with Crippen molar-refractivity contribution in [3.63, 3.8) is 0 Å². The summed E-state index contributed by atoms with van der Waals surface area (Å²) in [7, 11) is 4.17. The maximum Gasteiger partial charge on any atom is 0.251 e. The molecule has 17 heavy (non-hydrogen) atoms. The molecule has 94 valence electrons. The molecule has 1 aromatic carbocycles. The van der Waals surface area contributed by atoms with Crippen LogP contribution in [0.15, 0.2) is 18.2 Å². The van der Waals surface area contributed by atoms with Crippen LogP contribution in [0.5, 0.6) is 0 Å². The van der Waals surface area contributed by atoms with Crippen LogP contribution < -0.4 is 10.2 Å². The topological polar surface area (TPSA) is 33.5 Å². The zero-order valence-electron chi connectivity index (χ0n) is 10.0. The van der Waals surface area contributed by atoms with E-state index in [0.29, 0.717) is 22.2 Å². The van der Waals surface area contributed by atoms with E-state index in [0.717, 1.165) is 13.0 Å². The number of quaternary nitrogens is 1. The molecule has 1 aromatic rings. The van der Waals surface area contributed by atoms with E-state index in [9.17, 15) is 4.79 Å². The van der Waals surface area contributed by atoms with Crippen molar-refractivity contribution >= 4 is 29.1 Å². The Balaban J connectivity index is 2.44. The molecule has 0 saturated carbocycles. The van der Waals surface area contributed by atoms with E-state index in [2.05, 4.69) is 19.4 Å². The number of halogens is 2. The molecular formula is C12H17Cl2N2O+. The van der Waals surface area contributed by atoms with Crippen molar-refractivity contribution in [2.75, 3.05) is 27.2 Å². The molecule has 5 heteroatoms. The monoisotopic (exact) mass is 275 g/mol. The lowest BCUT2D eigenvalue weighted by atomic mass is 10.2. The molecule has 0 aliphatic heterocycles. The summed E-state index contributed by atoms with van der Waals surface area (Å²) in [6.07, 6.45) is 0.954. The maximum absolute atomic E-state index is 11.7. The van der Waals surface area contributed by atoms with Gasteiger partial charge in [0.05, 0.1) is 30.7 Å². The Morgan fingerprint density at radius 3 is 2.59 bits per heavy atom. The van der Waals surface area contributed by atoms with Crippen LogP contribution in [0.2, 0.25) is 10.0 Å². The fraction of sp³-hybridized carbons (Fsp3) is 0.417. The van der Waals surface area contributed by atoms with Crippen LogP contribution in [0.1, 0.15) is 16.8 Å². The highest BCUT2D eigenvalue weighted by atomic mass is 35.5.